The molecule has 0 radical (unpaired) electrons. The number of aromatic amines is 1. The van der Waals surface area contributed by atoms with Gasteiger partial charge in [0.05, 0.1) is 26.0 Å². The molecule has 1 fully saturated rings. The Morgan fingerprint density at radius 1 is 1.30 bits per heavy atom. The lowest BCUT2D eigenvalue weighted by Crippen LogP contribution is -2.30. The van der Waals surface area contributed by atoms with Crippen LogP contribution in [0, 0.1) is 5.92 Å². The third-order valence-corrected chi connectivity index (χ3v) is 4.44. The molecule has 5 heteroatoms. The van der Waals surface area contributed by atoms with Gasteiger partial charge < -0.3 is 14.1 Å². The Bertz CT molecular complexity index is 751. The van der Waals surface area contributed by atoms with Crippen molar-refractivity contribution in [3.05, 3.63) is 54.3 Å². The van der Waals surface area contributed by atoms with Crippen LogP contribution >= 0.6 is 0 Å². The summed E-state index contributed by atoms with van der Waals surface area (Å²) in [6.07, 6.45) is 6.45. The Hall–Kier alpha value is -2.11. The number of fused-ring (bicyclic) bond motifs is 1. The Balaban J connectivity index is 1.48. The average molecular weight is 311 g/mol. The van der Waals surface area contributed by atoms with Crippen LogP contribution in [-0.4, -0.2) is 41.2 Å². The second-order valence-corrected chi connectivity index (χ2v) is 6.17. The van der Waals surface area contributed by atoms with Crippen LogP contribution in [0.1, 0.15) is 11.4 Å². The zero-order chi connectivity index (χ0) is 15.5. The Morgan fingerprint density at radius 3 is 3.22 bits per heavy atom. The van der Waals surface area contributed by atoms with Gasteiger partial charge in [-0.2, -0.15) is 0 Å². The number of nitrogens with zero attached hydrogens (tertiary/aromatic N) is 2. The molecule has 4 rings (SSSR count). The summed E-state index contributed by atoms with van der Waals surface area (Å²) in [5.41, 5.74) is 2.30. The summed E-state index contributed by atoms with van der Waals surface area (Å²) in [7, 11) is 0. The van der Waals surface area contributed by atoms with E-state index in [2.05, 4.69) is 33.1 Å². The Morgan fingerprint density at radius 2 is 2.30 bits per heavy atom. The number of H-pyrrole nitrogens is 1. The molecule has 1 aliphatic heterocycles. The van der Waals surface area contributed by atoms with Gasteiger partial charge in [-0.15, -0.1) is 0 Å². The second-order valence-electron chi connectivity index (χ2n) is 6.17. The number of benzene rings is 1. The fourth-order valence-electron chi connectivity index (χ4n) is 3.36. The molecule has 0 bridgehead atoms. The van der Waals surface area contributed by atoms with Crippen LogP contribution in [0.3, 0.4) is 0 Å². The van der Waals surface area contributed by atoms with E-state index in [1.165, 1.54) is 10.9 Å². The molecule has 0 amide bonds. The molecule has 0 spiro atoms. The molecule has 0 aliphatic carbocycles. The van der Waals surface area contributed by atoms with Crippen molar-refractivity contribution in [2.45, 2.75) is 13.0 Å². The average Bonchev–Trinajstić information content (AvgIpc) is 3.18. The Labute approximate surface area is 135 Å². The maximum Gasteiger partial charge on any atom is 0.134 e. The molecule has 1 atom stereocenters. The van der Waals surface area contributed by atoms with Crippen molar-refractivity contribution in [3.8, 4) is 0 Å². The number of furan rings is 1. The topological polar surface area (TPSA) is 54.3 Å². The number of rotatable bonds is 4. The molecular weight excluding hydrogens is 290 g/mol. The standard InChI is InChI=1S/C18H21N3O2/c1-2-15(16-4-8-23-17(16)3-1)10-14-11-21(7-9-22-13-14)12-18-19-5-6-20-18/h1-6,8,14H,7,9-13H2,(H,19,20). The molecule has 1 N–H and O–H groups in total. The summed E-state index contributed by atoms with van der Waals surface area (Å²) in [5, 5.41) is 1.22. The molecule has 0 saturated carbocycles. The first-order valence-electron chi connectivity index (χ1n) is 8.12. The zero-order valence-corrected chi connectivity index (χ0v) is 13.1. The van der Waals surface area contributed by atoms with Crippen molar-refractivity contribution in [1.29, 1.82) is 0 Å². The molecule has 3 aromatic rings. The number of ether oxygens (including phenoxy) is 1. The Kier molecular flexibility index (Phi) is 4.13. The SMILES string of the molecule is c1cc(CC2COCCN(Cc3ncc[nH]3)C2)c2ccoc2c1. The van der Waals surface area contributed by atoms with Crippen LogP contribution in [0.25, 0.3) is 11.0 Å². The van der Waals surface area contributed by atoms with Crippen molar-refractivity contribution in [1.82, 2.24) is 14.9 Å². The number of nitrogens with one attached hydrogen (secondary N) is 1. The summed E-state index contributed by atoms with van der Waals surface area (Å²) in [6.45, 7) is 4.42. The fraction of sp³-hybridized carbons (Fsp3) is 0.389. The van der Waals surface area contributed by atoms with Gasteiger partial charge in [0.25, 0.3) is 0 Å². The highest BCUT2D eigenvalue weighted by Crippen LogP contribution is 2.23. The number of imidazole rings is 1. The highest BCUT2D eigenvalue weighted by atomic mass is 16.5. The van der Waals surface area contributed by atoms with Crippen LogP contribution in [0.4, 0.5) is 0 Å². The van der Waals surface area contributed by atoms with Gasteiger partial charge in [0.1, 0.15) is 11.4 Å². The summed E-state index contributed by atoms with van der Waals surface area (Å²) in [5.74, 6) is 1.50. The maximum atomic E-state index is 5.83. The van der Waals surface area contributed by atoms with Gasteiger partial charge in [0, 0.05) is 30.9 Å². The predicted octanol–water partition coefficient (Wildman–Crippen LogP) is 2.85. The zero-order valence-electron chi connectivity index (χ0n) is 13.1. The molecule has 1 unspecified atom stereocenters. The van der Waals surface area contributed by atoms with Crippen LogP contribution < -0.4 is 0 Å². The normalized spacial score (nSPS) is 19.9. The van der Waals surface area contributed by atoms with E-state index in [1.807, 2.05) is 12.3 Å². The summed E-state index contributed by atoms with van der Waals surface area (Å²) in [6, 6.07) is 8.34. The molecule has 3 heterocycles. The molecule has 120 valence electrons. The van der Waals surface area contributed by atoms with E-state index in [4.69, 9.17) is 9.15 Å². The lowest BCUT2D eigenvalue weighted by Gasteiger charge is -2.22. The van der Waals surface area contributed by atoms with Gasteiger partial charge in [-0.3, -0.25) is 4.90 Å². The van der Waals surface area contributed by atoms with E-state index < -0.39 is 0 Å². The van der Waals surface area contributed by atoms with Crippen molar-refractivity contribution in [2.24, 2.45) is 5.92 Å². The van der Waals surface area contributed by atoms with Crippen molar-refractivity contribution in [3.63, 3.8) is 0 Å². The minimum absolute atomic E-state index is 0.480. The quantitative estimate of drug-likeness (QED) is 0.805. The molecule has 23 heavy (non-hydrogen) atoms. The summed E-state index contributed by atoms with van der Waals surface area (Å²) < 4.78 is 11.3. The predicted molar refractivity (Wildman–Crippen MR) is 88.1 cm³/mol. The molecule has 1 aromatic carbocycles. The minimum atomic E-state index is 0.480. The minimum Gasteiger partial charge on any atom is -0.464 e. The molecular formula is C18H21N3O2. The first kappa shape index (κ1) is 14.5. The van der Waals surface area contributed by atoms with Gasteiger partial charge in [-0.05, 0) is 30.0 Å². The van der Waals surface area contributed by atoms with Crippen LogP contribution in [0.2, 0.25) is 0 Å². The summed E-state index contributed by atoms with van der Waals surface area (Å²) >= 11 is 0. The first-order chi connectivity index (χ1) is 11.4. The summed E-state index contributed by atoms with van der Waals surface area (Å²) in [4.78, 5) is 9.94. The first-order valence-corrected chi connectivity index (χ1v) is 8.12. The lowest BCUT2D eigenvalue weighted by atomic mass is 9.97. The third-order valence-electron chi connectivity index (χ3n) is 4.44. The van der Waals surface area contributed by atoms with E-state index in [-0.39, 0.29) is 0 Å². The van der Waals surface area contributed by atoms with E-state index in [9.17, 15) is 0 Å². The van der Waals surface area contributed by atoms with E-state index in [0.717, 1.165) is 50.7 Å². The third kappa shape index (κ3) is 3.30. The van der Waals surface area contributed by atoms with E-state index in [0.29, 0.717) is 5.92 Å². The monoisotopic (exact) mass is 311 g/mol. The van der Waals surface area contributed by atoms with Crippen molar-refractivity contribution < 1.29 is 9.15 Å². The fourth-order valence-corrected chi connectivity index (χ4v) is 3.36. The van der Waals surface area contributed by atoms with Gasteiger partial charge in [-0.25, -0.2) is 4.98 Å². The van der Waals surface area contributed by atoms with Crippen molar-refractivity contribution in [2.75, 3.05) is 26.3 Å². The van der Waals surface area contributed by atoms with E-state index in [1.54, 1.807) is 12.5 Å². The van der Waals surface area contributed by atoms with Gasteiger partial charge in [0.2, 0.25) is 0 Å². The number of aromatic nitrogens is 2. The molecule has 1 saturated heterocycles. The van der Waals surface area contributed by atoms with Crippen LogP contribution in [0.15, 0.2) is 47.3 Å². The van der Waals surface area contributed by atoms with Gasteiger partial charge in [0.15, 0.2) is 0 Å². The highest BCUT2D eigenvalue weighted by molar-refractivity contribution is 5.80. The maximum absolute atomic E-state index is 5.83. The number of hydrogen-bond donors (Lipinski definition) is 1. The lowest BCUT2D eigenvalue weighted by molar-refractivity contribution is 0.121. The molecule has 5 nitrogen and oxygen atoms in total. The van der Waals surface area contributed by atoms with Crippen LogP contribution in [0.5, 0.6) is 0 Å². The van der Waals surface area contributed by atoms with Gasteiger partial charge in [-0.1, -0.05) is 12.1 Å². The number of hydrogen-bond acceptors (Lipinski definition) is 4. The second kappa shape index (κ2) is 6.56. The van der Waals surface area contributed by atoms with E-state index >= 15 is 0 Å². The van der Waals surface area contributed by atoms with Crippen LogP contribution in [-0.2, 0) is 17.7 Å². The molecule has 2 aromatic heterocycles. The molecule has 1 aliphatic rings. The van der Waals surface area contributed by atoms with Gasteiger partial charge >= 0.3 is 0 Å². The largest absolute Gasteiger partial charge is 0.464 e. The smallest absolute Gasteiger partial charge is 0.134 e. The highest BCUT2D eigenvalue weighted by Gasteiger charge is 2.20. The van der Waals surface area contributed by atoms with Crippen molar-refractivity contribution >= 4 is 11.0 Å².